The summed E-state index contributed by atoms with van der Waals surface area (Å²) in [7, 11) is -3.78. The summed E-state index contributed by atoms with van der Waals surface area (Å²) in [5.74, 6) is -0.168. The van der Waals surface area contributed by atoms with Crippen molar-refractivity contribution in [1.82, 2.24) is 4.31 Å². The number of carbonyl (C=O) groups is 1. The van der Waals surface area contributed by atoms with E-state index in [1.807, 2.05) is 13.8 Å². The van der Waals surface area contributed by atoms with Crippen LogP contribution in [-0.2, 0) is 19.6 Å². The number of sulfonamides is 1. The molecule has 2 N–H and O–H groups in total. The maximum absolute atomic E-state index is 13.1. The van der Waals surface area contributed by atoms with E-state index in [0.717, 1.165) is 6.07 Å². The Kier molecular flexibility index (Phi) is 8.54. The summed E-state index contributed by atoms with van der Waals surface area (Å²) in [5, 5.41) is 16.7. The van der Waals surface area contributed by atoms with Crippen molar-refractivity contribution < 1.29 is 27.6 Å². The standard InChI is InChI=1S/C22H27ClN4O7S/c1-14(2)34-21-7-5-17(35(31,32)26-8-10-33-11-9-26)13-20(21)24-15(3)22(28)25-19-12-16(27(29)30)4-6-18(19)23/h4-7,12-15,24H,8-11H2,1-3H3,(H,25,28)/t15-/m0/s1. The Morgan fingerprint density at radius 2 is 1.83 bits per heavy atom. The number of benzene rings is 2. The molecule has 0 unspecified atom stereocenters. The molecule has 2 aromatic carbocycles. The van der Waals surface area contributed by atoms with E-state index in [4.69, 9.17) is 21.1 Å². The first-order chi connectivity index (χ1) is 16.5. The summed E-state index contributed by atoms with van der Waals surface area (Å²) < 4.78 is 38.6. The molecule has 1 amide bonds. The van der Waals surface area contributed by atoms with Gasteiger partial charge in [-0.05, 0) is 45.0 Å². The highest BCUT2D eigenvalue weighted by molar-refractivity contribution is 7.89. The molecule has 1 heterocycles. The minimum absolute atomic E-state index is 0.0485. The second-order valence-corrected chi connectivity index (χ2v) is 10.5. The van der Waals surface area contributed by atoms with Gasteiger partial charge in [-0.1, -0.05) is 11.6 Å². The number of ether oxygens (including phenoxy) is 2. The predicted molar refractivity (Wildman–Crippen MR) is 132 cm³/mol. The number of non-ortho nitro benzene ring substituents is 1. The molecule has 0 bridgehead atoms. The van der Waals surface area contributed by atoms with Crippen LogP contribution in [0.25, 0.3) is 0 Å². The highest BCUT2D eigenvalue weighted by atomic mass is 35.5. The molecular weight excluding hydrogens is 500 g/mol. The Labute approximate surface area is 208 Å². The topological polar surface area (TPSA) is 140 Å². The summed E-state index contributed by atoms with van der Waals surface area (Å²) >= 11 is 6.08. The van der Waals surface area contributed by atoms with E-state index >= 15 is 0 Å². The van der Waals surface area contributed by atoms with Crippen molar-refractivity contribution in [3.8, 4) is 5.75 Å². The molecule has 1 saturated heterocycles. The molecule has 0 spiro atoms. The van der Waals surface area contributed by atoms with Crippen LogP contribution in [0.15, 0.2) is 41.3 Å². The second kappa shape index (κ2) is 11.2. The maximum Gasteiger partial charge on any atom is 0.271 e. The van der Waals surface area contributed by atoms with Gasteiger partial charge in [-0.3, -0.25) is 14.9 Å². The van der Waals surface area contributed by atoms with Crippen molar-refractivity contribution in [3.05, 3.63) is 51.5 Å². The summed E-state index contributed by atoms with van der Waals surface area (Å²) in [6.07, 6.45) is -0.204. The zero-order chi connectivity index (χ0) is 25.8. The fraction of sp³-hybridized carbons (Fsp3) is 0.409. The molecule has 3 rings (SSSR count). The van der Waals surface area contributed by atoms with Crippen molar-refractivity contribution in [2.75, 3.05) is 36.9 Å². The molecule has 35 heavy (non-hydrogen) atoms. The molecule has 13 heteroatoms. The minimum atomic E-state index is -3.78. The van der Waals surface area contributed by atoms with Crippen LogP contribution in [0, 0.1) is 10.1 Å². The third-order valence-corrected chi connectivity index (χ3v) is 7.33. The quantitative estimate of drug-likeness (QED) is 0.373. The first-order valence-corrected chi connectivity index (χ1v) is 12.7. The fourth-order valence-corrected chi connectivity index (χ4v) is 4.94. The van der Waals surface area contributed by atoms with E-state index in [1.54, 1.807) is 6.92 Å². The van der Waals surface area contributed by atoms with E-state index in [2.05, 4.69) is 10.6 Å². The third-order valence-electron chi connectivity index (χ3n) is 5.11. The normalized spacial score (nSPS) is 15.5. The van der Waals surface area contributed by atoms with Crippen LogP contribution in [0.3, 0.4) is 0 Å². The Hall–Kier alpha value is -2.93. The van der Waals surface area contributed by atoms with Gasteiger partial charge in [-0.2, -0.15) is 4.31 Å². The highest BCUT2D eigenvalue weighted by Gasteiger charge is 2.28. The zero-order valence-corrected chi connectivity index (χ0v) is 21.1. The molecule has 1 aliphatic rings. The van der Waals surface area contributed by atoms with Crippen LogP contribution in [0.5, 0.6) is 5.75 Å². The van der Waals surface area contributed by atoms with Crippen LogP contribution < -0.4 is 15.4 Å². The lowest BCUT2D eigenvalue weighted by Crippen LogP contribution is -2.40. The largest absolute Gasteiger partial charge is 0.489 e. The molecule has 11 nitrogen and oxygen atoms in total. The molecule has 1 atom stereocenters. The van der Waals surface area contributed by atoms with Gasteiger partial charge in [0.1, 0.15) is 11.8 Å². The van der Waals surface area contributed by atoms with E-state index in [-0.39, 0.29) is 40.5 Å². The maximum atomic E-state index is 13.1. The van der Waals surface area contributed by atoms with Crippen molar-refractivity contribution in [2.45, 2.75) is 37.8 Å². The van der Waals surface area contributed by atoms with Crippen LogP contribution in [0.1, 0.15) is 20.8 Å². The zero-order valence-electron chi connectivity index (χ0n) is 19.5. The Morgan fingerprint density at radius 3 is 2.46 bits per heavy atom. The number of anilines is 2. The lowest BCUT2D eigenvalue weighted by Gasteiger charge is -2.27. The summed E-state index contributed by atoms with van der Waals surface area (Å²) in [5.41, 5.74) is 0.168. The molecule has 1 aliphatic heterocycles. The van der Waals surface area contributed by atoms with Crippen LogP contribution in [-0.4, -0.2) is 62.0 Å². The molecule has 0 aromatic heterocycles. The van der Waals surface area contributed by atoms with Gasteiger partial charge in [0.05, 0.1) is 45.5 Å². The van der Waals surface area contributed by atoms with Crippen LogP contribution in [0.4, 0.5) is 17.1 Å². The minimum Gasteiger partial charge on any atom is -0.489 e. The molecule has 2 aromatic rings. The highest BCUT2D eigenvalue weighted by Crippen LogP contribution is 2.31. The van der Waals surface area contributed by atoms with Crippen LogP contribution >= 0.6 is 11.6 Å². The lowest BCUT2D eigenvalue weighted by molar-refractivity contribution is -0.384. The van der Waals surface area contributed by atoms with Crippen molar-refractivity contribution in [1.29, 1.82) is 0 Å². The van der Waals surface area contributed by atoms with Gasteiger partial charge in [-0.25, -0.2) is 8.42 Å². The number of nitro benzene ring substituents is 1. The fourth-order valence-electron chi connectivity index (χ4n) is 3.34. The van der Waals surface area contributed by atoms with Gasteiger partial charge in [0.15, 0.2) is 0 Å². The number of hydrogen-bond acceptors (Lipinski definition) is 8. The summed E-state index contributed by atoms with van der Waals surface area (Å²) in [6, 6.07) is 7.26. The number of rotatable bonds is 9. The molecule has 0 aliphatic carbocycles. The summed E-state index contributed by atoms with van der Waals surface area (Å²) in [4.78, 5) is 23.3. The average molecular weight is 527 g/mol. The number of amides is 1. The number of halogens is 1. The molecular formula is C22H27ClN4O7S. The van der Waals surface area contributed by atoms with E-state index in [1.165, 1.54) is 34.6 Å². The van der Waals surface area contributed by atoms with Gasteiger partial charge in [-0.15, -0.1) is 0 Å². The number of nitrogens with one attached hydrogen (secondary N) is 2. The molecule has 0 saturated carbocycles. The van der Waals surface area contributed by atoms with Gasteiger partial charge in [0.2, 0.25) is 15.9 Å². The molecule has 1 fully saturated rings. The Morgan fingerprint density at radius 1 is 1.14 bits per heavy atom. The Balaban J connectivity index is 1.85. The number of morpholine rings is 1. The molecule has 190 valence electrons. The van der Waals surface area contributed by atoms with E-state index in [0.29, 0.717) is 24.7 Å². The molecule has 0 radical (unpaired) electrons. The average Bonchev–Trinajstić information content (AvgIpc) is 2.81. The number of nitro groups is 1. The smallest absolute Gasteiger partial charge is 0.271 e. The summed E-state index contributed by atoms with van der Waals surface area (Å²) in [6.45, 7) is 6.33. The van der Waals surface area contributed by atoms with E-state index < -0.39 is 26.9 Å². The first-order valence-electron chi connectivity index (χ1n) is 10.9. The van der Waals surface area contributed by atoms with Crippen LogP contribution in [0.2, 0.25) is 5.02 Å². The first kappa shape index (κ1) is 26.7. The number of hydrogen-bond donors (Lipinski definition) is 2. The van der Waals surface area contributed by atoms with Gasteiger partial charge < -0.3 is 20.1 Å². The van der Waals surface area contributed by atoms with E-state index in [9.17, 15) is 23.3 Å². The third kappa shape index (κ3) is 6.60. The predicted octanol–water partition coefficient (Wildman–Crippen LogP) is 3.50. The number of nitrogens with zero attached hydrogens (tertiary/aromatic N) is 2. The van der Waals surface area contributed by atoms with Gasteiger partial charge in [0, 0.05) is 25.2 Å². The van der Waals surface area contributed by atoms with Gasteiger partial charge in [0.25, 0.3) is 5.69 Å². The number of carbonyl (C=O) groups excluding carboxylic acids is 1. The van der Waals surface area contributed by atoms with Gasteiger partial charge >= 0.3 is 0 Å². The Bertz CT molecular complexity index is 1200. The lowest BCUT2D eigenvalue weighted by atomic mass is 10.2. The van der Waals surface area contributed by atoms with Crippen molar-refractivity contribution in [3.63, 3.8) is 0 Å². The second-order valence-electron chi connectivity index (χ2n) is 8.12. The van der Waals surface area contributed by atoms with Crippen molar-refractivity contribution >= 4 is 44.6 Å². The SMILES string of the molecule is CC(C)Oc1ccc(S(=O)(=O)N2CCOCC2)cc1N[C@@H](C)C(=O)Nc1cc([N+](=O)[O-])ccc1Cl. The van der Waals surface area contributed by atoms with Crippen molar-refractivity contribution in [2.24, 2.45) is 0 Å². The monoisotopic (exact) mass is 526 g/mol.